The lowest BCUT2D eigenvalue weighted by atomic mass is 9.96. The molecule has 0 aromatic carbocycles. The number of aromatic nitrogens is 2. The summed E-state index contributed by atoms with van der Waals surface area (Å²) in [6.45, 7) is 11.8. The van der Waals surface area contributed by atoms with Gasteiger partial charge in [0.15, 0.2) is 0 Å². The van der Waals surface area contributed by atoms with Crippen LogP contribution in [-0.2, 0) is 5.41 Å². The van der Waals surface area contributed by atoms with Crippen LogP contribution in [0.15, 0.2) is 6.07 Å². The van der Waals surface area contributed by atoms with E-state index in [1.807, 2.05) is 13.0 Å². The molecule has 1 aromatic heterocycles. The third kappa shape index (κ3) is 5.33. The lowest BCUT2D eigenvalue weighted by Gasteiger charge is -2.19. The van der Waals surface area contributed by atoms with Gasteiger partial charge in [0.1, 0.15) is 17.5 Å². The summed E-state index contributed by atoms with van der Waals surface area (Å²) in [5.41, 5.74) is -0.107. The van der Waals surface area contributed by atoms with Gasteiger partial charge in [0.25, 0.3) is 0 Å². The lowest BCUT2D eigenvalue weighted by molar-refractivity contribution is 0.183. The lowest BCUT2D eigenvalue weighted by Crippen LogP contribution is -2.22. The first-order chi connectivity index (χ1) is 9.36. The quantitative estimate of drug-likeness (QED) is 0.716. The molecule has 0 spiro atoms. The second-order valence-electron chi connectivity index (χ2n) is 6.08. The van der Waals surface area contributed by atoms with E-state index < -0.39 is 0 Å². The fourth-order valence-corrected chi connectivity index (χ4v) is 1.58. The van der Waals surface area contributed by atoms with E-state index in [-0.39, 0.29) is 11.5 Å². The Balaban J connectivity index is 2.91. The molecule has 1 aromatic rings. The second kappa shape index (κ2) is 7.43. The van der Waals surface area contributed by atoms with Crippen LogP contribution in [0.5, 0.6) is 0 Å². The zero-order valence-corrected chi connectivity index (χ0v) is 13.3. The number of anilines is 2. The summed E-state index contributed by atoms with van der Waals surface area (Å²) < 4.78 is 0. The zero-order chi connectivity index (χ0) is 15.2. The van der Waals surface area contributed by atoms with Crippen molar-refractivity contribution in [3.63, 3.8) is 0 Å². The summed E-state index contributed by atoms with van der Waals surface area (Å²) in [4.78, 5) is 9.11. The summed E-state index contributed by atoms with van der Waals surface area (Å²) in [5, 5.41) is 16.1. The largest absolute Gasteiger partial charge is 0.391 e. The van der Waals surface area contributed by atoms with Gasteiger partial charge in [-0.1, -0.05) is 34.6 Å². The van der Waals surface area contributed by atoms with Crippen LogP contribution in [0.2, 0.25) is 0 Å². The van der Waals surface area contributed by atoms with Gasteiger partial charge in [-0.25, -0.2) is 9.97 Å². The Morgan fingerprint density at radius 2 is 1.75 bits per heavy atom. The molecule has 0 amide bonds. The molecule has 0 aliphatic heterocycles. The number of rotatable bonds is 7. The van der Waals surface area contributed by atoms with Crippen LogP contribution in [0.3, 0.4) is 0 Å². The molecular weight excluding hydrogens is 252 g/mol. The molecule has 0 saturated carbocycles. The summed E-state index contributed by atoms with van der Waals surface area (Å²) in [5.74, 6) is 2.39. The fourth-order valence-electron chi connectivity index (χ4n) is 1.58. The van der Waals surface area contributed by atoms with E-state index in [0.717, 1.165) is 36.8 Å². The second-order valence-corrected chi connectivity index (χ2v) is 6.08. The van der Waals surface area contributed by atoms with Crippen LogP contribution >= 0.6 is 0 Å². The maximum absolute atomic E-state index is 9.64. The van der Waals surface area contributed by atoms with E-state index >= 15 is 0 Å². The molecule has 1 rings (SSSR count). The van der Waals surface area contributed by atoms with Crippen LogP contribution < -0.4 is 10.6 Å². The van der Waals surface area contributed by atoms with Crippen LogP contribution in [0.1, 0.15) is 53.3 Å². The summed E-state index contributed by atoms with van der Waals surface area (Å²) in [6.07, 6.45) is 1.42. The normalized spacial score (nSPS) is 13.1. The molecular formula is C15H28N4O. The first-order valence-corrected chi connectivity index (χ1v) is 7.42. The Labute approximate surface area is 122 Å². The van der Waals surface area contributed by atoms with Crippen molar-refractivity contribution in [2.75, 3.05) is 23.7 Å². The molecule has 114 valence electrons. The Kier molecular flexibility index (Phi) is 6.20. The predicted molar refractivity (Wildman–Crippen MR) is 84.3 cm³/mol. The van der Waals surface area contributed by atoms with Crippen molar-refractivity contribution in [1.82, 2.24) is 9.97 Å². The van der Waals surface area contributed by atoms with Gasteiger partial charge in [-0.3, -0.25) is 0 Å². The molecule has 20 heavy (non-hydrogen) atoms. The Hall–Kier alpha value is -1.36. The number of aliphatic hydroxyl groups excluding tert-OH is 1. The highest BCUT2D eigenvalue weighted by Crippen LogP contribution is 2.22. The minimum absolute atomic E-state index is 0.107. The molecule has 1 atom stereocenters. The van der Waals surface area contributed by atoms with Gasteiger partial charge < -0.3 is 15.7 Å². The summed E-state index contributed by atoms with van der Waals surface area (Å²) in [6, 6.07) is 1.90. The van der Waals surface area contributed by atoms with Gasteiger partial charge in [0, 0.05) is 24.6 Å². The van der Waals surface area contributed by atoms with Crippen molar-refractivity contribution in [3.8, 4) is 0 Å². The highest BCUT2D eigenvalue weighted by Gasteiger charge is 2.19. The molecule has 1 heterocycles. The van der Waals surface area contributed by atoms with E-state index in [9.17, 15) is 5.11 Å². The van der Waals surface area contributed by atoms with Crippen molar-refractivity contribution >= 4 is 11.6 Å². The molecule has 0 saturated heterocycles. The topological polar surface area (TPSA) is 70.1 Å². The highest BCUT2D eigenvalue weighted by molar-refractivity contribution is 5.48. The van der Waals surface area contributed by atoms with Gasteiger partial charge in [-0.2, -0.15) is 0 Å². The van der Waals surface area contributed by atoms with E-state index in [1.54, 1.807) is 0 Å². The number of nitrogens with zero attached hydrogens (tertiary/aromatic N) is 2. The Morgan fingerprint density at radius 1 is 1.15 bits per heavy atom. The molecule has 5 heteroatoms. The van der Waals surface area contributed by atoms with Crippen LogP contribution in [0.25, 0.3) is 0 Å². The number of nitrogens with one attached hydrogen (secondary N) is 2. The minimum Gasteiger partial charge on any atom is -0.391 e. The van der Waals surface area contributed by atoms with Crippen molar-refractivity contribution in [3.05, 3.63) is 11.9 Å². The van der Waals surface area contributed by atoms with Crippen LogP contribution in [-0.4, -0.2) is 34.3 Å². The first-order valence-electron chi connectivity index (χ1n) is 7.42. The SMILES string of the molecule is CCCNc1cc(NCC(O)CC)nc(C(C)(C)C)n1. The Bertz CT molecular complexity index is 415. The van der Waals surface area contributed by atoms with Gasteiger partial charge in [-0.15, -0.1) is 0 Å². The van der Waals surface area contributed by atoms with Gasteiger partial charge in [-0.05, 0) is 12.8 Å². The molecule has 0 aliphatic rings. The third-order valence-electron chi connectivity index (χ3n) is 2.94. The number of hydrogen-bond acceptors (Lipinski definition) is 5. The van der Waals surface area contributed by atoms with E-state index in [0.29, 0.717) is 6.54 Å². The average molecular weight is 280 g/mol. The fraction of sp³-hybridized carbons (Fsp3) is 0.733. The molecule has 0 bridgehead atoms. The molecule has 1 unspecified atom stereocenters. The van der Waals surface area contributed by atoms with E-state index in [1.165, 1.54) is 0 Å². The van der Waals surface area contributed by atoms with Crippen molar-refractivity contribution in [1.29, 1.82) is 0 Å². The highest BCUT2D eigenvalue weighted by atomic mass is 16.3. The van der Waals surface area contributed by atoms with Crippen molar-refractivity contribution < 1.29 is 5.11 Å². The molecule has 0 aliphatic carbocycles. The Morgan fingerprint density at radius 3 is 2.25 bits per heavy atom. The smallest absolute Gasteiger partial charge is 0.138 e. The predicted octanol–water partition coefficient (Wildman–Crippen LogP) is 2.78. The van der Waals surface area contributed by atoms with Gasteiger partial charge in [0.2, 0.25) is 0 Å². The molecule has 5 nitrogen and oxygen atoms in total. The summed E-state index contributed by atoms with van der Waals surface area (Å²) >= 11 is 0. The third-order valence-corrected chi connectivity index (χ3v) is 2.94. The van der Waals surface area contributed by atoms with Gasteiger partial charge >= 0.3 is 0 Å². The number of aliphatic hydroxyl groups is 1. The monoisotopic (exact) mass is 280 g/mol. The molecule has 3 N–H and O–H groups in total. The van der Waals surface area contributed by atoms with Crippen molar-refractivity contribution in [2.45, 2.75) is 59.0 Å². The van der Waals surface area contributed by atoms with Crippen LogP contribution in [0, 0.1) is 0 Å². The zero-order valence-electron chi connectivity index (χ0n) is 13.3. The first kappa shape index (κ1) is 16.7. The molecule has 0 fully saturated rings. The minimum atomic E-state index is -0.352. The van der Waals surface area contributed by atoms with E-state index in [2.05, 4.69) is 48.3 Å². The average Bonchev–Trinajstić information content (AvgIpc) is 2.41. The van der Waals surface area contributed by atoms with E-state index in [4.69, 9.17) is 0 Å². The maximum Gasteiger partial charge on any atom is 0.138 e. The molecule has 0 radical (unpaired) electrons. The van der Waals surface area contributed by atoms with Crippen LogP contribution in [0.4, 0.5) is 11.6 Å². The summed E-state index contributed by atoms with van der Waals surface area (Å²) in [7, 11) is 0. The number of hydrogen-bond donors (Lipinski definition) is 3. The maximum atomic E-state index is 9.64. The standard InChI is InChI=1S/C15H28N4O/c1-6-8-16-12-9-13(17-10-11(20)7-2)19-14(18-12)15(3,4)5/h9,11,20H,6-8,10H2,1-5H3,(H2,16,17,18,19). The van der Waals surface area contributed by atoms with Crippen molar-refractivity contribution in [2.24, 2.45) is 0 Å². The van der Waals surface area contributed by atoms with Gasteiger partial charge in [0.05, 0.1) is 6.10 Å².